The van der Waals surface area contributed by atoms with Crippen molar-refractivity contribution >= 4 is 27.3 Å². The smallest absolute Gasteiger partial charge is 0.0594 e. The molecule has 1 saturated carbocycles. The summed E-state index contributed by atoms with van der Waals surface area (Å²) >= 11 is 3.51. The van der Waals surface area contributed by atoms with Gasteiger partial charge in [0, 0.05) is 29.6 Å². The van der Waals surface area contributed by atoms with Crippen LogP contribution >= 0.6 is 15.9 Å². The predicted octanol–water partition coefficient (Wildman–Crippen LogP) is 2.70. The predicted molar refractivity (Wildman–Crippen MR) is 86.0 cm³/mol. The molecule has 2 aliphatic rings. The Morgan fingerprint density at radius 1 is 1.25 bits per heavy atom. The largest absolute Gasteiger partial charge is 0.397 e. The van der Waals surface area contributed by atoms with Gasteiger partial charge in [-0.15, -0.1) is 0 Å². The maximum Gasteiger partial charge on any atom is 0.0594 e. The molecule has 1 aromatic rings. The van der Waals surface area contributed by atoms with Gasteiger partial charge in [0.05, 0.1) is 24.6 Å². The molecule has 2 atom stereocenters. The number of hydrogen-bond acceptors (Lipinski definition) is 4. The molecule has 2 fully saturated rings. The number of nitrogens with two attached hydrogens (primary N) is 1. The molecule has 1 heterocycles. The second-order valence-corrected chi connectivity index (χ2v) is 6.54. The van der Waals surface area contributed by atoms with Crippen molar-refractivity contribution in [2.75, 3.05) is 37.4 Å². The molecule has 1 aliphatic heterocycles. The highest BCUT2D eigenvalue weighted by atomic mass is 79.9. The Hall–Kier alpha value is -0.780. The third kappa shape index (κ3) is 3.10. The minimum atomic E-state index is 0.490. The average Bonchev–Trinajstić information content (AvgIpc) is 2.92. The van der Waals surface area contributed by atoms with Crippen LogP contribution in [-0.4, -0.2) is 43.3 Å². The fourth-order valence-electron chi connectivity index (χ4n) is 3.31. The quantitative estimate of drug-likeness (QED) is 0.831. The number of nitrogens with zero attached hydrogens (tertiary/aromatic N) is 1. The first-order chi connectivity index (χ1) is 9.74. The summed E-state index contributed by atoms with van der Waals surface area (Å²) in [5, 5.41) is 3.66. The summed E-state index contributed by atoms with van der Waals surface area (Å²) in [6.07, 6.45) is 3.77. The molecule has 0 radical (unpaired) electrons. The Balaban J connectivity index is 1.70. The van der Waals surface area contributed by atoms with Crippen molar-refractivity contribution in [3.63, 3.8) is 0 Å². The number of morpholine rings is 1. The lowest BCUT2D eigenvalue weighted by molar-refractivity contribution is 0.0161. The molecule has 1 aliphatic carbocycles. The Labute approximate surface area is 128 Å². The van der Waals surface area contributed by atoms with E-state index < -0.39 is 0 Å². The third-order valence-electron chi connectivity index (χ3n) is 4.35. The Bertz CT molecular complexity index is 462. The molecule has 1 aromatic carbocycles. The number of benzene rings is 1. The Kier molecular flexibility index (Phi) is 4.48. The van der Waals surface area contributed by atoms with Crippen molar-refractivity contribution in [1.29, 1.82) is 0 Å². The van der Waals surface area contributed by atoms with E-state index in [0.29, 0.717) is 12.1 Å². The molecule has 0 aromatic heterocycles. The van der Waals surface area contributed by atoms with E-state index in [1.165, 1.54) is 19.3 Å². The summed E-state index contributed by atoms with van der Waals surface area (Å²) in [5.41, 5.74) is 7.94. The molecule has 1 saturated heterocycles. The van der Waals surface area contributed by atoms with Crippen molar-refractivity contribution in [3.05, 3.63) is 22.7 Å². The van der Waals surface area contributed by atoms with Gasteiger partial charge in [0.25, 0.3) is 0 Å². The van der Waals surface area contributed by atoms with Crippen LogP contribution in [0, 0.1) is 0 Å². The van der Waals surface area contributed by atoms with E-state index >= 15 is 0 Å². The normalized spacial score (nSPS) is 27.6. The minimum Gasteiger partial charge on any atom is -0.397 e. The van der Waals surface area contributed by atoms with Gasteiger partial charge in [0.15, 0.2) is 0 Å². The van der Waals surface area contributed by atoms with E-state index in [4.69, 9.17) is 10.5 Å². The first-order valence-corrected chi connectivity index (χ1v) is 8.17. The van der Waals surface area contributed by atoms with Crippen LogP contribution < -0.4 is 11.1 Å². The molecular formula is C15H22BrN3O. The highest BCUT2D eigenvalue weighted by Crippen LogP contribution is 2.31. The molecule has 110 valence electrons. The Morgan fingerprint density at radius 2 is 2.05 bits per heavy atom. The van der Waals surface area contributed by atoms with Crippen molar-refractivity contribution in [3.8, 4) is 0 Å². The number of nitrogens with one attached hydrogen (secondary N) is 1. The highest BCUT2D eigenvalue weighted by molar-refractivity contribution is 9.10. The maximum absolute atomic E-state index is 6.07. The van der Waals surface area contributed by atoms with E-state index in [0.717, 1.165) is 42.2 Å². The lowest BCUT2D eigenvalue weighted by Crippen LogP contribution is -2.48. The van der Waals surface area contributed by atoms with Crippen molar-refractivity contribution < 1.29 is 4.74 Å². The van der Waals surface area contributed by atoms with E-state index in [9.17, 15) is 0 Å². The fourth-order valence-corrected chi connectivity index (χ4v) is 3.67. The molecule has 3 rings (SSSR count). The van der Waals surface area contributed by atoms with Gasteiger partial charge < -0.3 is 15.8 Å². The second-order valence-electron chi connectivity index (χ2n) is 5.63. The molecule has 4 nitrogen and oxygen atoms in total. The third-order valence-corrected chi connectivity index (χ3v) is 4.84. The van der Waals surface area contributed by atoms with Crippen LogP contribution in [0.15, 0.2) is 22.7 Å². The number of rotatable bonds is 3. The number of ether oxygens (including phenoxy) is 1. The standard InChI is InChI=1S/C15H22BrN3O/c16-11-4-5-12(17)14(10-11)18-13-2-1-3-15(13)19-6-8-20-9-7-19/h4-5,10,13,15,18H,1-3,6-9,17H2. The van der Waals surface area contributed by atoms with Gasteiger partial charge in [-0.25, -0.2) is 0 Å². The molecule has 5 heteroatoms. The zero-order valence-corrected chi connectivity index (χ0v) is 13.2. The van der Waals surface area contributed by atoms with Gasteiger partial charge in [-0.1, -0.05) is 15.9 Å². The fraction of sp³-hybridized carbons (Fsp3) is 0.600. The van der Waals surface area contributed by atoms with Crippen LogP contribution in [0.2, 0.25) is 0 Å². The van der Waals surface area contributed by atoms with Crippen molar-refractivity contribution in [2.45, 2.75) is 31.3 Å². The van der Waals surface area contributed by atoms with E-state index in [2.05, 4.69) is 32.2 Å². The van der Waals surface area contributed by atoms with Gasteiger partial charge in [-0.2, -0.15) is 0 Å². The van der Waals surface area contributed by atoms with Crippen LogP contribution in [0.5, 0.6) is 0 Å². The summed E-state index contributed by atoms with van der Waals surface area (Å²) in [7, 11) is 0. The summed E-state index contributed by atoms with van der Waals surface area (Å²) in [4.78, 5) is 2.57. The van der Waals surface area contributed by atoms with Crippen LogP contribution in [0.25, 0.3) is 0 Å². The van der Waals surface area contributed by atoms with Gasteiger partial charge in [0.1, 0.15) is 0 Å². The lowest BCUT2D eigenvalue weighted by Gasteiger charge is -2.36. The average molecular weight is 340 g/mol. The topological polar surface area (TPSA) is 50.5 Å². The highest BCUT2D eigenvalue weighted by Gasteiger charge is 2.33. The van der Waals surface area contributed by atoms with E-state index in [-0.39, 0.29) is 0 Å². The Morgan fingerprint density at radius 3 is 2.85 bits per heavy atom. The molecule has 3 N–H and O–H groups in total. The molecular weight excluding hydrogens is 318 g/mol. The maximum atomic E-state index is 6.07. The molecule has 2 unspecified atom stereocenters. The van der Waals surface area contributed by atoms with Crippen molar-refractivity contribution in [2.24, 2.45) is 0 Å². The summed E-state index contributed by atoms with van der Waals surface area (Å²) < 4.78 is 6.52. The number of nitrogen functional groups attached to an aromatic ring is 1. The SMILES string of the molecule is Nc1ccc(Br)cc1NC1CCCC1N1CCOCC1. The summed E-state index contributed by atoms with van der Waals surface area (Å²) in [6, 6.07) is 7.10. The lowest BCUT2D eigenvalue weighted by atomic mass is 10.1. The monoisotopic (exact) mass is 339 g/mol. The van der Waals surface area contributed by atoms with Crippen LogP contribution in [-0.2, 0) is 4.74 Å². The van der Waals surface area contributed by atoms with Gasteiger partial charge in [0.2, 0.25) is 0 Å². The summed E-state index contributed by atoms with van der Waals surface area (Å²) in [5.74, 6) is 0. The van der Waals surface area contributed by atoms with Crippen LogP contribution in [0.4, 0.5) is 11.4 Å². The first-order valence-electron chi connectivity index (χ1n) is 7.37. The van der Waals surface area contributed by atoms with Crippen molar-refractivity contribution in [1.82, 2.24) is 4.90 Å². The molecule has 20 heavy (non-hydrogen) atoms. The van der Waals surface area contributed by atoms with Crippen LogP contribution in [0.3, 0.4) is 0 Å². The zero-order chi connectivity index (χ0) is 13.9. The van der Waals surface area contributed by atoms with Gasteiger partial charge in [-0.05, 0) is 37.5 Å². The minimum absolute atomic E-state index is 0.490. The second kappa shape index (κ2) is 6.33. The molecule has 0 amide bonds. The number of halogens is 1. The number of anilines is 2. The first kappa shape index (κ1) is 14.2. The zero-order valence-electron chi connectivity index (χ0n) is 11.6. The molecule has 0 spiro atoms. The summed E-state index contributed by atoms with van der Waals surface area (Å²) in [6.45, 7) is 3.83. The number of hydrogen-bond donors (Lipinski definition) is 2. The van der Waals surface area contributed by atoms with E-state index in [1.54, 1.807) is 0 Å². The van der Waals surface area contributed by atoms with Crippen LogP contribution in [0.1, 0.15) is 19.3 Å². The van der Waals surface area contributed by atoms with Gasteiger partial charge >= 0.3 is 0 Å². The van der Waals surface area contributed by atoms with Gasteiger partial charge in [-0.3, -0.25) is 4.90 Å². The molecule has 0 bridgehead atoms. The van der Waals surface area contributed by atoms with E-state index in [1.807, 2.05) is 12.1 Å².